The van der Waals surface area contributed by atoms with Crippen LogP contribution in [0.1, 0.15) is 12.8 Å². The molecule has 7 heteroatoms. The van der Waals surface area contributed by atoms with Crippen molar-refractivity contribution in [3.05, 3.63) is 22.9 Å². The first-order valence-corrected chi connectivity index (χ1v) is 7.30. The molecule has 2 aromatic rings. The lowest BCUT2D eigenvalue weighted by Crippen LogP contribution is -2.44. The maximum absolute atomic E-state index is 11.1. The number of carboxylic acid groups (broad SMARTS) is 1. The van der Waals surface area contributed by atoms with E-state index in [1.165, 1.54) is 4.90 Å². The van der Waals surface area contributed by atoms with E-state index >= 15 is 0 Å². The first kappa shape index (κ1) is 13.2. The molecule has 3 rings (SSSR count). The van der Waals surface area contributed by atoms with Crippen LogP contribution < -0.4 is 5.32 Å². The van der Waals surface area contributed by atoms with Gasteiger partial charge in [0.2, 0.25) is 0 Å². The van der Waals surface area contributed by atoms with Gasteiger partial charge < -0.3 is 20.3 Å². The quantitative estimate of drug-likeness (QED) is 0.786. The fourth-order valence-electron chi connectivity index (χ4n) is 2.60. The van der Waals surface area contributed by atoms with Crippen LogP contribution in [0.5, 0.6) is 0 Å². The van der Waals surface area contributed by atoms with Crippen molar-refractivity contribution in [3.63, 3.8) is 0 Å². The number of nitrogens with zero attached hydrogens (tertiary/aromatic N) is 2. The zero-order chi connectivity index (χ0) is 14.1. The van der Waals surface area contributed by atoms with Crippen molar-refractivity contribution >= 4 is 38.7 Å². The van der Waals surface area contributed by atoms with Crippen molar-refractivity contribution < 1.29 is 9.90 Å². The van der Waals surface area contributed by atoms with E-state index in [0.717, 1.165) is 34.0 Å². The molecule has 0 radical (unpaired) electrons. The number of aromatic nitrogens is 2. The smallest absolute Gasteiger partial charge is 0.407 e. The Morgan fingerprint density at radius 3 is 3.25 bits per heavy atom. The number of aromatic amines is 1. The van der Waals surface area contributed by atoms with Gasteiger partial charge in [0.15, 0.2) is 0 Å². The third kappa shape index (κ3) is 2.45. The molecule has 0 spiro atoms. The number of fused-ring (bicyclic) bond motifs is 1. The van der Waals surface area contributed by atoms with Crippen LogP contribution in [0.3, 0.4) is 0 Å². The van der Waals surface area contributed by atoms with Gasteiger partial charge in [-0.3, -0.25) is 0 Å². The molecule has 0 aliphatic carbocycles. The van der Waals surface area contributed by atoms with Crippen molar-refractivity contribution in [3.8, 4) is 0 Å². The Bertz CT molecular complexity index is 642. The molecule has 20 heavy (non-hydrogen) atoms. The Hall–Kier alpha value is -1.76. The topological polar surface area (TPSA) is 81.2 Å². The van der Waals surface area contributed by atoms with Crippen LogP contribution in [0.15, 0.2) is 22.9 Å². The van der Waals surface area contributed by atoms with Gasteiger partial charge in [-0.2, -0.15) is 0 Å². The molecule has 1 amide bonds. The van der Waals surface area contributed by atoms with E-state index < -0.39 is 6.09 Å². The normalized spacial score (nSPS) is 19.2. The highest BCUT2D eigenvalue weighted by Crippen LogP contribution is 2.31. The molecule has 1 unspecified atom stereocenters. The van der Waals surface area contributed by atoms with Gasteiger partial charge in [0.25, 0.3) is 0 Å². The molecule has 3 heterocycles. The summed E-state index contributed by atoms with van der Waals surface area (Å²) >= 11 is 3.50. The maximum atomic E-state index is 11.1. The van der Waals surface area contributed by atoms with E-state index in [9.17, 15) is 4.79 Å². The first-order valence-electron chi connectivity index (χ1n) is 6.51. The molecule has 1 atom stereocenters. The predicted octanol–water partition coefficient (Wildman–Crippen LogP) is 2.88. The van der Waals surface area contributed by atoms with Crippen LogP contribution in [-0.2, 0) is 0 Å². The van der Waals surface area contributed by atoms with E-state index in [0.29, 0.717) is 13.1 Å². The molecular weight excluding hydrogens is 324 g/mol. The lowest BCUT2D eigenvalue weighted by atomic mass is 10.1. The van der Waals surface area contributed by atoms with Crippen LogP contribution in [0.25, 0.3) is 11.0 Å². The molecule has 1 aliphatic heterocycles. The largest absolute Gasteiger partial charge is 0.465 e. The summed E-state index contributed by atoms with van der Waals surface area (Å²) < 4.78 is 0.886. The van der Waals surface area contributed by atoms with E-state index in [-0.39, 0.29) is 6.04 Å². The Morgan fingerprint density at radius 2 is 2.45 bits per heavy atom. The van der Waals surface area contributed by atoms with Crippen LogP contribution in [-0.4, -0.2) is 45.2 Å². The number of rotatable bonds is 2. The standard InChI is InChI=1S/C13H15BrN4O2/c14-10-6-16-12-9(3-4-15-12)11(10)17-8-2-1-5-18(7-8)13(19)20/h3-4,6,8H,1-2,5,7H2,(H,19,20)(H2,15,16,17). The molecule has 1 fully saturated rings. The third-order valence-electron chi connectivity index (χ3n) is 3.58. The molecule has 0 saturated carbocycles. The molecule has 3 N–H and O–H groups in total. The Kier molecular flexibility index (Phi) is 3.52. The fourth-order valence-corrected chi connectivity index (χ4v) is 3.03. The zero-order valence-electron chi connectivity index (χ0n) is 10.8. The first-order chi connectivity index (χ1) is 9.65. The number of H-pyrrole nitrogens is 1. The van der Waals surface area contributed by atoms with E-state index in [1.54, 1.807) is 6.20 Å². The fraction of sp³-hybridized carbons (Fsp3) is 0.385. The monoisotopic (exact) mass is 338 g/mol. The average Bonchev–Trinajstić information content (AvgIpc) is 2.91. The lowest BCUT2D eigenvalue weighted by Gasteiger charge is -2.32. The molecule has 0 bridgehead atoms. The summed E-state index contributed by atoms with van der Waals surface area (Å²) in [7, 11) is 0. The number of pyridine rings is 1. The summed E-state index contributed by atoms with van der Waals surface area (Å²) in [6.07, 6.45) is 4.59. The van der Waals surface area contributed by atoms with Crippen LogP contribution in [0.4, 0.5) is 10.5 Å². The second-order valence-corrected chi connectivity index (χ2v) is 5.79. The van der Waals surface area contributed by atoms with Crippen LogP contribution >= 0.6 is 15.9 Å². The minimum absolute atomic E-state index is 0.122. The van der Waals surface area contributed by atoms with E-state index in [4.69, 9.17) is 5.11 Å². The Labute approximate surface area is 124 Å². The second kappa shape index (κ2) is 5.32. The van der Waals surface area contributed by atoms with Gasteiger partial charge in [-0.15, -0.1) is 0 Å². The summed E-state index contributed by atoms with van der Waals surface area (Å²) in [5, 5.41) is 13.5. The van der Waals surface area contributed by atoms with Gasteiger partial charge in [0.1, 0.15) is 5.65 Å². The number of hydrogen-bond donors (Lipinski definition) is 3. The van der Waals surface area contributed by atoms with Crippen LogP contribution in [0, 0.1) is 0 Å². The van der Waals surface area contributed by atoms with Gasteiger partial charge >= 0.3 is 6.09 Å². The highest BCUT2D eigenvalue weighted by atomic mass is 79.9. The lowest BCUT2D eigenvalue weighted by molar-refractivity contribution is 0.133. The van der Waals surface area contributed by atoms with Gasteiger partial charge in [-0.1, -0.05) is 0 Å². The molecule has 0 aromatic carbocycles. The number of halogens is 1. The Morgan fingerprint density at radius 1 is 1.60 bits per heavy atom. The zero-order valence-corrected chi connectivity index (χ0v) is 12.4. The van der Waals surface area contributed by atoms with Crippen molar-refractivity contribution in [1.82, 2.24) is 14.9 Å². The molecule has 106 valence electrons. The summed E-state index contributed by atoms with van der Waals surface area (Å²) in [6, 6.07) is 2.09. The van der Waals surface area contributed by atoms with E-state index in [1.807, 2.05) is 12.3 Å². The SMILES string of the molecule is O=C(O)N1CCCC(Nc2c(Br)cnc3[nH]ccc23)C1. The maximum Gasteiger partial charge on any atom is 0.407 e. The number of carbonyl (C=O) groups is 1. The number of amides is 1. The molecule has 2 aromatic heterocycles. The summed E-state index contributed by atoms with van der Waals surface area (Å²) in [6.45, 7) is 1.13. The summed E-state index contributed by atoms with van der Waals surface area (Å²) in [5.41, 5.74) is 1.79. The van der Waals surface area contributed by atoms with E-state index in [2.05, 4.69) is 31.2 Å². The predicted molar refractivity (Wildman–Crippen MR) is 80.0 cm³/mol. The average molecular weight is 339 g/mol. The molecule has 1 aliphatic rings. The van der Waals surface area contributed by atoms with Crippen molar-refractivity contribution in [2.24, 2.45) is 0 Å². The van der Waals surface area contributed by atoms with Crippen molar-refractivity contribution in [2.45, 2.75) is 18.9 Å². The number of hydrogen-bond acceptors (Lipinski definition) is 3. The number of nitrogens with one attached hydrogen (secondary N) is 2. The minimum atomic E-state index is -0.850. The Balaban J connectivity index is 1.84. The van der Waals surface area contributed by atoms with Crippen LogP contribution in [0.2, 0.25) is 0 Å². The van der Waals surface area contributed by atoms with Gasteiger partial charge in [-0.25, -0.2) is 9.78 Å². The van der Waals surface area contributed by atoms with Gasteiger partial charge in [0.05, 0.1) is 10.2 Å². The summed E-state index contributed by atoms with van der Waals surface area (Å²) in [5.74, 6) is 0. The third-order valence-corrected chi connectivity index (χ3v) is 4.18. The van der Waals surface area contributed by atoms with Gasteiger partial charge in [-0.05, 0) is 34.8 Å². The highest BCUT2D eigenvalue weighted by Gasteiger charge is 2.24. The number of anilines is 1. The van der Waals surface area contributed by atoms with Crippen molar-refractivity contribution in [1.29, 1.82) is 0 Å². The number of piperidine rings is 1. The van der Waals surface area contributed by atoms with Crippen molar-refractivity contribution in [2.75, 3.05) is 18.4 Å². The molecular formula is C13H15BrN4O2. The highest BCUT2D eigenvalue weighted by molar-refractivity contribution is 9.10. The minimum Gasteiger partial charge on any atom is -0.465 e. The molecule has 1 saturated heterocycles. The number of likely N-dealkylation sites (tertiary alicyclic amines) is 1. The molecule has 6 nitrogen and oxygen atoms in total. The summed E-state index contributed by atoms with van der Waals surface area (Å²) in [4.78, 5) is 19.9. The second-order valence-electron chi connectivity index (χ2n) is 4.93. The van der Waals surface area contributed by atoms with Gasteiger partial charge in [0, 0.05) is 36.9 Å².